The highest BCUT2D eigenvalue weighted by Gasteiger charge is 2.02. The predicted molar refractivity (Wildman–Crippen MR) is 71.0 cm³/mol. The summed E-state index contributed by atoms with van der Waals surface area (Å²) >= 11 is 1.92. The van der Waals surface area contributed by atoms with Crippen LogP contribution in [-0.4, -0.2) is 30.2 Å². The van der Waals surface area contributed by atoms with E-state index in [-0.39, 0.29) is 0 Å². The number of rotatable bonds is 8. The molecule has 0 saturated heterocycles. The SMILES string of the molecule is CCc1ccc(CN(C)CCCCCO)s1. The van der Waals surface area contributed by atoms with Crippen LogP contribution in [0.1, 0.15) is 35.9 Å². The van der Waals surface area contributed by atoms with E-state index in [0.717, 1.165) is 32.4 Å². The number of nitrogens with zero attached hydrogens (tertiary/aromatic N) is 1. The van der Waals surface area contributed by atoms with Gasteiger partial charge in [0.05, 0.1) is 0 Å². The van der Waals surface area contributed by atoms with Gasteiger partial charge in [-0.25, -0.2) is 0 Å². The molecule has 1 aromatic rings. The molecule has 2 nitrogen and oxygen atoms in total. The molecule has 0 aliphatic heterocycles. The van der Waals surface area contributed by atoms with Crippen LogP contribution >= 0.6 is 11.3 Å². The Balaban J connectivity index is 2.20. The highest BCUT2D eigenvalue weighted by molar-refractivity contribution is 7.11. The van der Waals surface area contributed by atoms with Crippen molar-refractivity contribution in [1.82, 2.24) is 4.90 Å². The van der Waals surface area contributed by atoms with E-state index in [9.17, 15) is 0 Å². The van der Waals surface area contributed by atoms with E-state index < -0.39 is 0 Å². The number of hydrogen-bond acceptors (Lipinski definition) is 3. The average Bonchev–Trinajstić information content (AvgIpc) is 2.72. The first kappa shape index (κ1) is 13.7. The first-order valence-corrected chi connectivity index (χ1v) is 6.95. The summed E-state index contributed by atoms with van der Waals surface area (Å²) in [6.45, 7) is 4.71. The van der Waals surface area contributed by atoms with Gasteiger partial charge in [0.2, 0.25) is 0 Å². The Kier molecular flexibility index (Phi) is 6.69. The van der Waals surface area contributed by atoms with Crippen LogP contribution in [0.15, 0.2) is 12.1 Å². The van der Waals surface area contributed by atoms with Gasteiger partial charge in [-0.1, -0.05) is 6.92 Å². The molecule has 0 saturated carbocycles. The number of aryl methyl sites for hydroxylation is 1. The largest absolute Gasteiger partial charge is 0.396 e. The highest BCUT2D eigenvalue weighted by atomic mass is 32.1. The topological polar surface area (TPSA) is 23.5 Å². The standard InChI is InChI=1S/C13H23NOS/c1-3-12-7-8-13(16-12)11-14(2)9-5-4-6-10-15/h7-8,15H,3-6,9-11H2,1-2H3. The minimum Gasteiger partial charge on any atom is -0.396 e. The molecule has 16 heavy (non-hydrogen) atoms. The molecular weight excluding hydrogens is 218 g/mol. The zero-order valence-corrected chi connectivity index (χ0v) is 11.2. The normalized spacial score (nSPS) is 11.2. The van der Waals surface area contributed by atoms with Gasteiger partial charge < -0.3 is 10.0 Å². The third kappa shape index (κ3) is 5.10. The fraction of sp³-hybridized carbons (Fsp3) is 0.692. The van der Waals surface area contributed by atoms with E-state index in [4.69, 9.17) is 5.11 Å². The van der Waals surface area contributed by atoms with Crippen LogP contribution in [0, 0.1) is 0 Å². The second-order valence-electron chi connectivity index (χ2n) is 4.24. The fourth-order valence-electron chi connectivity index (χ4n) is 1.71. The molecule has 0 radical (unpaired) electrons. The molecule has 0 spiro atoms. The predicted octanol–water partition coefficient (Wildman–Crippen LogP) is 2.90. The molecular formula is C13H23NOS. The molecule has 0 bridgehead atoms. The molecule has 1 heterocycles. The molecule has 0 fully saturated rings. The van der Waals surface area contributed by atoms with Gasteiger partial charge in [0.1, 0.15) is 0 Å². The van der Waals surface area contributed by atoms with Crippen molar-refractivity contribution >= 4 is 11.3 Å². The van der Waals surface area contributed by atoms with Gasteiger partial charge in [0.15, 0.2) is 0 Å². The van der Waals surface area contributed by atoms with E-state index in [1.807, 2.05) is 11.3 Å². The maximum atomic E-state index is 8.68. The van der Waals surface area contributed by atoms with Crippen molar-refractivity contribution in [3.05, 3.63) is 21.9 Å². The zero-order valence-electron chi connectivity index (χ0n) is 10.4. The quantitative estimate of drug-likeness (QED) is 0.707. The highest BCUT2D eigenvalue weighted by Crippen LogP contribution is 2.18. The Labute approximate surface area is 103 Å². The van der Waals surface area contributed by atoms with Crippen LogP contribution in [0.2, 0.25) is 0 Å². The first-order valence-electron chi connectivity index (χ1n) is 6.13. The summed E-state index contributed by atoms with van der Waals surface area (Å²) in [7, 11) is 2.17. The van der Waals surface area contributed by atoms with Crippen molar-refractivity contribution < 1.29 is 5.11 Å². The maximum Gasteiger partial charge on any atom is 0.0431 e. The molecule has 1 rings (SSSR count). The van der Waals surface area contributed by atoms with Gasteiger partial charge in [-0.3, -0.25) is 0 Å². The molecule has 0 atom stereocenters. The molecule has 1 N–H and O–H groups in total. The molecule has 0 unspecified atom stereocenters. The third-order valence-electron chi connectivity index (χ3n) is 2.69. The Morgan fingerprint density at radius 1 is 1.19 bits per heavy atom. The van der Waals surface area contributed by atoms with E-state index in [1.54, 1.807) is 0 Å². The summed E-state index contributed by atoms with van der Waals surface area (Å²) in [5, 5.41) is 8.68. The Morgan fingerprint density at radius 2 is 1.94 bits per heavy atom. The monoisotopic (exact) mass is 241 g/mol. The third-order valence-corrected chi connectivity index (χ3v) is 3.90. The van der Waals surface area contributed by atoms with Crippen molar-refractivity contribution in [3.8, 4) is 0 Å². The van der Waals surface area contributed by atoms with Crippen LogP contribution in [0.25, 0.3) is 0 Å². The molecule has 92 valence electrons. The summed E-state index contributed by atoms with van der Waals surface area (Å²) in [5.74, 6) is 0. The van der Waals surface area contributed by atoms with Crippen molar-refractivity contribution in [1.29, 1.82) is 0 Å². The van der Waals surface area contributed by atoms with Crippen LogP contribution in [-0.2, 0) is 13.0 Å². The lowest BCUT2D eigenvalue weighted by molar-refractivity contribution is 0.271. The fourth-order valence-corrected chi connectivity index (χ4v) is 2.75. The molecule has 3 heteroatoms. The summed E-state index contributed by atoms with van der Waals surface area (Å²) in [6.07, 6.45) is 4.40. The summed E-state index contributed by atoms with van der Waals surface area (Å²) in [6, 6.07) is 4.48. The smallest absolute Gasteiger partial charge is 0.0431 e. The lowest BCUT2D eigenvalue weighted by atomic mass is 10.2. The van der Waals surface area contributed by atoms with Crippen molar-refractivity contribution in [2.75, 3.05) is 20.2 Å². The minimum absolute atomic E-state index is 0.328. The summed E-state index contributed by atoms with van der Waals surface area (Å²) in [4.78, 5) is 5.30. The second kappa shape index (κ2) is 7.82. The van der Waals surface area contributed by atoms with Crippen LogP contribution < -0.4 is 0 Å². The summed E-state index contributed by atoms with van der Waals surface area (Å²) in [5.41, 5.74) is 0. The van der Waals surface area contributed by atoms with Crippen LogP contribution in [0.4, 0.5) is 0 Å². The van der Waals surface area contributed by atoms with Gasteiger partial charge in [0, 0.05) is 22.9 Å². The Hall–Kier alpha value is -0.380. The van der Waals surface area contributed by atoms with Gasteiger partial charge in [-0.15, -0.1) is 11.3 Å². The Bertz CT molecular complexity index is 285. The summed E-state index contributed by atoms with van der Waals surface area (Å²) < 4.78 is 0. The second-order valence-corrected chi connectivity index (χ2v) is 5.50. The number of hydrogen-bond donors (Lipinski definition) is 1. The number of thiophene rings is 1. The number of aliphatic hydroxyl groups excluding tert-OH is 1. The van der Waals surface area contributed by atoms with Gasteiger partial charge in [-0.2, -0.15) is 0 Å². The Morgan fingerprint density at radius 3 is 2.56 bits per heavy atom. The van der Waals surface area contributed by atoms with Crippen LogP contribution in [0.3, 0.4) is 0 Å². The first-order chi connectivity index (χ1) is 7.76. The average molecular weight is 241 g/mol. The molecule has 0 aliphatic rings. The zero-order chi connectivity index (χ0) is 11.8. The van der Waals surface area contributed by atoms with E-state index in [0.29, 0.717) is 6.61 Å². The van der Waals surface area contributed by atoms with Gasteiger partial charge >= 0.3 is 0 Å². The number of unbranched alkanes of at least 4 members (excludes halogenated alkanes) is 2. The maximum absolute atomic E-state index is 8.68. The number of aliphatic hydroxyl groups is 1. The van der Waals surface area contributed by atoms with Gasteiger partial charge in [0.25, 0.3) is 0 Å². The molecule has 0 amide bonds. The minimum atomic E-state index is 0.328. The van der Waals surface area contributed by atoms with Crippen LogP contribution in [0.5, 0.6) is 0 Å². The molecule has 0 aliphatic carbocycles. The molecule has 1 aromatic heterocycles. The van der Waals surface area contributed by atoms with Gasteiger partial charge in [-0.05, 0) is 51.4 Å². The lowest BCUT2D eigenvalue weighted by Gasteiger charge is -2.15. The van der Waals surface area contributed by atoms with Crippen molar-refractivity contribution in [2.24, 2.45) is 0 Å². The van der Waals surface area contributed by atoms with E-state index in [2.05, 4.69) is 31.0 Å². The van der Waals surface area contributed by atoms with E-state index in [1.165, 1.54) is 16.2 Å². The van der Waals surface area contributed by atoms with Crippen molar-refractivity contribution in [3.63, 3.8) is 0 Å². The van der Waals surface area contributed by atoms with Crippen molar-refractivity contribution in [2.45, 2.75) is 39.2 Å². The van der Waals surface area contributed by atoms with E-state index >= 15 is 0 Å². The lowest BCUT2D eigenvalue weighted by Crippen LogP contribution is -2.18. The molecule has 0 aromatic carbocycles.